The smallest absolute Gasteiger partial charge is 0.0357 e. The number of nitrogens with one attached hydrogen (secondary N) is 1. The molecule has 2 atom stereocenters. The van der Waals surface area contributed by atoms with E-state index in [1.807, 2.05) is 0 Å². The molecule has 1 aliphatic heterocycles. The third-order valence-electron chi connectivity index (χ3n) is 3.46. The van der Waals surface area contributed by atoms with Crippen LogP contribution in [0.5, 0.6) is 0 Å². The lowest BCUT2D eigenvalue weighted by molar-refractivity contribution is 0.418. The van der Waals surface area contributed by atoms with Crippen LogP contribution in [0.15, 0.2) is 18.2 Å². The minimum atomic E-state index is 0.542. The van der Waals surface area contributed by atoms with E-state index in [1.54, 1.807) is 0 Å². The van der Waals surface area contributed by atoms with Gasteiger partial charge in [0.25, 0.3) is 0 Å². The molecular formula is C15H23NS. The minimum absolute atomic E-state index is 0.542. The molecule has 1 nitrogen and oxygen atoms in total. The molecule has 0 aliphatic carbocycles. The average Bonchev–Trinajstić information content (AvgIpc) is 2.46. The van der Waals surface area contributed by atoms with Gasteiger partial charge in [-0.3, -0.25) is 0 Å². The molecule has 1 aromatic rings. The Labute approximate surface area is 109 Å². The lowest BCUT2D eigenvalue weighted by atomic mass is 9.91. The Hall–Kier alpha value is -0.470. The van der Waals surface area contributed by atoms with Gasteiger partial charge < -0.3 is 5.32 Å². The summed E-state index contributed by atoms with van der Waals surface area (Å²) >= 11 is 2.07. The van der Waals surface area contributed by atoms with E-state index in [1.165, 1.54) is 34.6 Å². The van der Waals surface area contributed by atoms with Gasteiger partial charge in [-0.15, -0.1) is 0 Å². The average molecular weight is 249 g/mol. The topological polar surface area (TPSA) is 12.0 Å². The van der Waals surface area contributed by atoms with Crippen LogP contribution in [0.4, 0.5) is 0 Å². The Morgan fingerprint density at radius 1 is 1.41 bits per heavy atom. The zero-order valence-electron chi connectivity index (χ0n) is 11.1. The third-order valence-corrected chi connectivity index (χ3v) is 4.73. The summed E-state index contributed by atoms with van der Waals surface area (Å²) in [5, 5.41) is 3.73. The molecule has 0 saturated carbocycles. The quantitative estimate of drug-likeness (QED) is 0.871. The van der Waals surface area contributed by atoms with Crippen molar-refractivity contribution >= 4 is 11.8 Å². The normalized spacial score (nSPS) is 24.2. The van der Waals surface area contributed by atoms with Crippen LogP contribution in [0.25, 0.3) is 0 Å². The van der Waals surface area contributed by atoms with Gasteiger partial charge in [-0.25, -0.2) is 0 Å². The van der Waals surface area contributed by atoms with Crippen molar-refractivity contribution in [1.82, 2.24) is 5.32 Å². The van der Waals surface area contributed by atoms with Gasteiger partial charge in [0.05, 0.1) is 0 Å². The summed E-state index contributed by atoms with van der Waals surface area (Å²) in [6.07, 6.45) is 1.21. The third kappa shape index (κ3) is 3.05. The van der Waals surface area contributed by atoms with Crippen molar-refractivity contribution in [2.75, 3.05) is 12.3 Å². The van der Waals surface area contributed by atoms with E-state index in [2.05, 4.69) is 56.0 Å². The van der Waals surface area contributed by atoms with Crippen LogP contribution in [0.2, 0.25) is 0 Å². The van der Waals surface area contributed by atoms with Gasteiger partial charge in [0.15, 0.2) is 0 Å². The largest absolute Gasteiger partial charge is 0.310 e. The maximum Gasteiger partial charge on any atom is 0.0357 e. The van der Waals surface area contributed by atoms with Gasteiger partial charge in [0.1, 0.15) is 0 Å². The van der Waals surface area contributed by atoms with Crippen molar-refractivity contribution in [3.63, 3.8) is 0 Å². The summed E-state index contributed by atoms with van der Waals surface area (Å²) in [5.41, 5.74) is 4.45. The lowest BCUT2D eigenvalue weighted by Crippen LogP contribution is -2.28. The number of rotatable bonds is 3. The summed E-state index contributed by atoms with van der Waals surface area (Å²) in [6, 6.07) is 7.48. The number of hydrogen-bond acceptors (Lipinski definition) is 2. The van der Waals surface area contributed by atoms with Gasteiger partial charge in [0.2, 0.25) is 0 Å². The molecule has 17 heavy (non-hydrogen) atoms. The second kappa shape index (κ2) is 5.92. The molecule has 1 aromatic carbocycles. The van der Waals surface area contributed by atoms with Crippen LogP contribution in [0.1, 0.15) is 43.0 Å². The maximum atomic E-state index is 3.73. The second-order valence-electron chi connectivity index (χ2n) is 5.13. The highest BCUT2D eigenvalue weighted by Crippen LogP contribution is 2.34. The predicted octanol–water partition coefficient (Wildman–Crippen LogP) is 3.92. The van der Waals surface area contributed by atoms with Crippen molar-refractivity contribution in [1.29, 1.82) is 0 Å². The monoisotopic (exact) mass is 249 g/mol. The van der Waals surface area contributed by atoms with Crippen molar-refractivity contribution in [2.45, 2.75) is 39.0 Å². The molecule has 94 valence electrons. The summed E-state index contributed by atoms with van der Waals surface area (Å²) in [6.45, 7) is 7.92. The molecule has 0 fully saturated rings. The molecule has 2 unspecified atom stereocenters. The molecule has 0 saturated heterocycles. The van der Waals surface area contributed by atoms with Crippen LogP contribution in [0, 0.1) is 12.8 Å². The molecular weight excluding hydrogens is 226 g/mol. The highest BCUT2D eigenvalue weighted by Gasteiger charge is 2.24. The fraction of sp³-hybridized carbons (Fsp3) is 0.600. The van der Waals surface area contributed by atoms with Crippen LogP contribution < -0.4 is 5.32 Å². The van der Waals surface area contributed by atoms with Gasteiger partial charge >= 0.3 is 0 Å². The van der Waals surface area contributed by atoms with E-state index in [4.69, 9.17) is 0 Å². The summed E-state index contributed by atoms with van der Waals surface area (Å²) < 4.78 is 0. The first-order valence-electron chi connectivity index (χ1n) is 6.63. The fourth-order valence-electron chi connectivity index (χ4n) is 2.50. The lowest BCUT2D eigenvalue weighted by Gasteiger charge is -2.25. The van der Waals surface area contributed by atoms with Crippen molar-refractivity contribution in [3.8, 4) is 0 Å². The van der Waals surface area contributed by atoms with Crippen molar-refractivity contribution in [3.05, 3.63) is 34.9 Å². The van der Waals surface area contributed by atoms with Crippen LogP contribution in [-0.2, 0) is 5.75 Å². The summed E-state index contributed by atoms with van der Waals surface area (Å²) in [5.74, 6) is 3.15. The van der Waals surface area contributed by atoms with Crippen LogP contribution in [-0.4, -0.2) is 12.3 Å². The van der Waals surface area contributed by atoms with E-state index in [0.29, 0.717) is 6.04 Å². The van der Waals surface area contributed by atoms with E-state index < -0.39 is 0 Å². The summed E-state index contributed by atoms with van der Waals surface area (Å²) in [7, 11) is 0. The van der Waals surface area contributed by atoms with Crippen LogP contribution in [0.3, 0.4) is 0 Å². The minimum Gasteiger partial charge on any atom is -0.310 e. The first-order valence-corrected chi connectivity index (χ1v) is 7.78. The first-order chi connectivity index (χ1) is 8.22. The molecule has 0 amide bonds. The van der Waals surface area contributed by atoms with Gasteiger partial charge in [0, 0.05) is 11.8 Å². The highest BCUT2D eigenvalue weighted by molar-refractivity contribution is 7.98. The van der Waals surface area contributed by atoms with E-state index in [-0.39, 0.29) is 0 Å². The van der Waals surface area contributed by atoms with Gasteiger partial charge in [-0.1, -0.05) is 37.6 Å². The molecule has 1 heterocycles. The van der Waals surface area contributed by atoms with Crippen molar-refractivity contribution in [2.24, 2.45) is 5.92 Å². The van der Waals surface area contributed by atoms with Gasteiger partial charge in [-0.05, 0) is 42.7 Å². The molecule has 0 spiro atoms. The molecule has 0 bridgehead atoms. The zero-order chi connectivity index (χ0) is 12.3. The van der Waals surface area contributed by atoms with E-state index in [9.17, 15) is 0 Å². The van der Waals surface area contributed by atoms with Gasteiger partial charge in [-0.2, -0.15) is 11.8 Å². The molecule has 0 radical (unpaired) electrons. The number of aryl methyl sites for hydroxylation is 1. The molecule has 1 N–H and O–H groups in total. The predicted molar refractivity (Wildman–Crippen MR) is 77.5 cm³/mol. The zero-order valence-corrected chi connectivity index (χ0v) is 11.9. The number of benzene rings is 1. The second-order valence-corrected chi connectivity index (χ2v) is 6.16. The standard InChI is InChI=1S/C15H23NS/c1-4-7-16-15-12(3)9-17-10-13-6-5-11(2)8-14(13)15/h5-6,8,12,15-16H,4,7,9-10H2,1-3H3. The number of thioether (sulfide) groups is 1. The summed E-state index contributed by atoms with van der Waals surface area (Å²) in [4.78, 5) is 0. The molecule has 2 rings (SSSR count). The fourth-order valence-corrected chi connectivity index (χ4v) is 3.67. The Kier molecular flexibility index (Phi) is 4.52. The van der Waals surface area contributed by atoms with Crippen LogP contribution >= 0.6 is 11.8 Å². The number of hydrogen-bond donors (Lipinski definition) is 1. The molecule has 2 heteroatoms. The van der Waals surface area contributed by atoms with E-state index in [0.717, 1.165) is 12.5 Å². The SMILES string of the molecule is CCCNC1c2cc(C)ccc2CSCC1C. The Balaban J connectivity index is 2.31. The highest BCUT2D eigenvalue weighted by atomic mass is 32.2. The van der Waals surface area contributed by atoms with E-state index >= 15 is 0 Å². The first kappa shape index (κ1) is 13.0. The van der Waals surface area contributed by atoms with Crippen molar-refractivity contribution < 1.29 is 0 Å². The Morgan fingerprint density at radius 2 is 2.24 bits per heavy atom. The number of fused-ring (bicyclic) bond motifs is 1. The molecule has 0 aromatic heterocycles. The molecule has 1 aliphatic rings. The Bertz CT molecular complexity index is 375. The maximum absolute atomic E-state index is 3.73. The Morgan fingerprint density at radius 3 is 3.00 bits per heavy atom.